The molecule has 34 heavy (non-hydrogen) atoms. The van der Waals surface area contributed by atoms with Gasteiger partial charge in [-0.15, -0.1) is 0 Å². The second-order valence-electron chi connectivity index (χ2n) is 7.47. The number of ether oxygens (including phenoxy) is 2. The lowest BCUT2D eigenvalue weighted by molar-refractivity contribution is -0.124. The van der Waals surface area contributed by atoms with Gasteiger partial charge in [0, 0.05) is 13.1 Å². The molecule has 0 aliphatic heterocycles. The molecule has 6 nitrogen and oxygen atoms in total. The van der Waals surface area contributed by atoms with E-state index >= 15 is 0 Å². The lowest BCUT2D eigenvalue weighted by Crippen LogP contribution is -2.38. The monoisotopic (exact) mass is 584 g/mol. The molecule has 0 saturated heterocycles. The average Bonchev–Trinajstić information content (AvgIpc) is 2.86. The molecule has 0 spiro atoms. The molecule has 0 fully saturated rings. The highest BCUT2D eigenvalue weighted by molar-refractivity contribution is 9.11. The summed E-state index contributed by atoms with van der Waals surface area (Å²) >= 11 is 7.08. The molecule has 2 amide bonds. The number of carbonyl (C=O) groups is 2. The predicted molar refractivity (Wildman–Crippen MR) is 140 cm³/mol. The quantitative estimate of drug-likeness (QED) is 0.264. The summed E-state index contributed by atoms with van der Waals surface area (Å²) in [5.74, 6) is 0.648. The van der Waals surface area contributed by atoms with Crippen LogP contribution in [0.1, 0.15) is 0 Å². The van der Waals surface area contributed by atoms with E-state index in [9.17, 15) is 9.59 Å². The fourth-order valence-electron chi connectivity index (χ4n) is 3.44. The lowest BCUT2D eigenvalue weighted by atomic mass is 10.1. The molecule has 174 valence electrons. The number of halogens is 2. The Labute approximate surface area is 213 Å². The summed E-state index contributed by atoms with van der Waals surface area (Å²) < 4.78 is 12.9. The van der Waals surface area contributed by atoms with Gasteiger partial charge in [-0.3, -0.25) is 9.59 Å². The molecule has 0 unspecified atom stereocenters. The van der Waals surface area contributed by atoms with Crippen LogP contribution < -0.4 is 20.1 Å². The molecular weight excluding hydrogens is 564 g/mol. The lowest BCUT2D eigenvalue weighted by Gasteiger charge is -2.12. The summed E-state index contributed by atoms with van der Waals surface area (Å²) in [6.45, 7) is 0.326. The Morgan fingerprint density at radius 2 is 1.03 bits per heavy atom. The van der Waals surface area contributed by atoms with Crippen molar-refractivity contribution in [3.63, 3.8) is 0 Å². The van der Waals surface area contributed by atoms with Gasteiger partial charge in [0.15, 0.2) is 13.2 Å². The van der Waals surface area contributed by atoms with Gasteiger partial charge in [-0.2, -0.15) is 0 Å². The van der Waals surface area contributed by atoms with Crippen LogP contribution in [0.2, 0.25) is 0 Å². The van der Waals surface area contributed by atoms with Crippen LogP contribution in [0, 0.1) is 0 Å². The Hall–Kier alpha value is -3.10. The minimum atomic E-state index is -0.273. The van der Waals surface area contributed by atoms with E-state index in [1.54, 1.807) is 0 Å². The maximum Gasteiger partial charge on any atom is 0.258 e. The molecule has 0 bridgehead atoms. The molecule has 4 aromatic carbocycles. The number of rotatable bonds is 9. The summed E-state index contributed by atoms with van der Waals surface area (Å²) in [6, 6.07) is 23.4. The second-order valence-corrected chi connectivity index (χ2v) is 9.06. The minimum Gasteiger partial charge on any atom is -0.483 e. The Morgan fingerprint density at radius 3 is 1.47 bits per heavy atom. The smallest absolute Gasteiger partial charge is 0.258 e. The maximum atomic E-state index is 12.1. The van der Waals surface area contributed by atoms with E-state index in [-0.39, 0.29) is 38.1 Å². The first-order valence-corrected chi connectivity index (χ1v) is 12.2. The van der Waals surface area contributed by atoms with Crippen LogP contribution in [0.15, 0.2) is 81.7 Å². The van der Waals surface area contributed by atoms with E-state index < -0.39 is 0 Å². The van der Waals surface area contributed by atoms with Gasteiger partial charge in [-0.1, -0.05) is 60.7 Å². The third-order valence-electron chi connectivity index (χ3n) is 5.14. The van der Waals surface area contributed by atoms with Gasteiger partial charge in [0.2, 0.25) is 0 Å². The highest BCUT2D eigenvalue weighted by Crippen LogP contribution is 2.33. The van der Waals surface area contributed by atoms with Gasteiger partial charge in [0.05, 0.1) is 8.95 Å². The van der Waals surface area contributed by atoms with Crippen LogP contribution >= 0.6 is 31.9 Å². The number of benzene rings is 4. The van der Waals surface area contributed by atoms with Crippen molar-refractivity contribution in [2.75, 3.05) is 26.3 Å². The maximum absolute atomic E-state index is 12.1. The van der Waals surface area contributed by atoms with E-state index in [1.165, 1.54) is 0 Å². The highest BCUT2D eigenvalue weighted by Gasteiger charge is 2.10. The first kappa shape index (κ1) is 24.0. The molecule has 0 aliphatic carbocycles. The first-order valence-electron chi connectivity index (χ1n) is 10.7. The van der Waals surface area contributed by atoms with Gasteiger partial charge < -0.3 is 20.1 Å². The van der Waals surface area contributed by atoms with E-state index in [4.69, 9.17) is 9.47 Å². The number of amides is 2. The summed E-state index contributed by atoms with van der Waals surface area (Å²) in [5, 5.41) is 9.65. The molecule has 2 N–H and O–H groups in total. The van der Waals surface area contributed by atoms with Crippen LogP contribution in [0.4, 0.5) is 0 Å². The Kier molecular flexibility index (Phi) is 8.03. The second kappa shape index (κ2) is 11.4. The summed E-state index contributed by atoms with van der Waals surface area (Å²) in [6.07, 6.45) is 0. The van der Waals surface area contributed by atoms with Crippen molar-refractivity contribution in [1.29, 1.82) is 0 Å². The molecule has 0 saturated carbocycles. The van der Waals surface area contributed by atoms with Crippen LogP contribution in [0.3, 0.4) is 0 Å². The molecule has 0 atom stereocenters. The standard InChI is InChI=1S/C26H22Br2N2O4/c27-25-19-7-3-1-5-17(19)9-11-21(25)33-15-23(31)29-13-14-30-24(32)16-34-22-12-10-18-6-2-4-8-20(18)26(22)28/h1-12H,13-16H2,(H,29,31)(H,30,32). The largest absolute Gasteiger partial charge is 0.483 e. The molecule has 0 heterocycles. The SMILES string of the molecule is O=C(COc1ccc2ccccc2c1Br)NCCNC(=O)COc1ccc2ccccc2c1Br. The topological polar surface area (TPSA) is 76.7 Å². The molecule has 8 heteroatoms. The predicted octanol–water partition coefficient (Wildman–Crippen LogP) is 5.21. The zero-order chi connectivity index (χ0) is 23.9. The molecule has 0 radical (unpaired) electrons. The minimum absolute atomic E-state index is 0.121. The van der Waals surface area contributed by atoms with Crippen LogP contribution in [0.25, 0.3) is 21.5 Å². The molecular formula is C26H22Br2N2O4. The van der Waals surface area contributed by atoms with Crippen molar-refractivity contribution in [2.45, 2.75) is 0 Å². The number of hydrogen-bond acceptors (Lipinski definition) is 4. The fourth-order valence-corrected chi connectivity index (χ4v) is 4.66. The number of fused-ring (bicyclic) bond motifs is 2. The van der Waals surface area contributed by atoms with Crippen molar-refractivity contribution >= 4 is 65.2 Å². The zero-order valence-electron chi connectivity index (χ0n) is 18.1. The van der Waals surface area contributed by atoms with Gasteiger partial charge in [0.25, 0.3) is 11.8 Å². The number of carbonyl (C=O) groups excluding carboxylic acids is 2. The third-order valence-corrected chi connectivity index (χ3v) is 6.78. The molecule has 0 aliphatic rings. The van der Waals surface area contributed by atoms with Gasteiger partial charge >= 0.3 is 0 Å². The Bertz CT molecular complexity index is 1240. The van der Waals surface area contributed by atoms with E-state index in [2.05, 4.69) is 42.5 Å². The summed E-state index contributed by atoms with van der Waals surface area (Å²) in [5.41, 5.74) is 0. The van der Waals surface area contributed by atoms with Crippen LogP contribution in [-0.2, 0) is 9.59 Å². The Balaban J connectivity index is 1.17. The average molecular weight is 586 g/mol. The zero-order valence-corrected chi connectivity index (χ0v) is 21.3. The molecule has 0 aromatic heterocycles. The van der Waals surface area contributed by atoms with Crippen LogP contribution in [-0.4, -0.2) is 38.1 Å². The van der Waals surface area contributed by atoms with E-state index in [1.807, 2.05) is 72.8 Å². The summed E-state index contributed by atoms with van der Waals surface area (Å²) in [4.78, 5) is 24.2. The van der Waals surface area contributed by atoms with Crippen molar-refractivity contribution in [3.05, 3.63) is 81.7 Å². The molecule has 4 aromatic rings. The molecule has 4 rings (SSSR count). The first-order chi connectivity index (χ1) is 16.5. The van der Waals surface area contributed by atoms with Crippen LogP contribution in [0.5, 0.6) is 11.5 Å². The third kappa shape index (κ3) is 5.87. The van der Waals surface area contributed by atoms with E-state index in [0.717, 1.165) is 30.5 Å². The van der Waals surface area contributed by atoms with Gasteiger partial charge in [0.1, 0.15) is 11.5 Å². The highest BCUT2D eigenvalue weighted by atomic mass is 79.9. The van der Waals surface area contributed by atoms with Gasteiger partial charge in [-0.05, 0) is 65.5 Å². The van der Waals surface area contributed by atoms with Crippen molar-refractivity contribution in [3.8, 4) is 11.5 Å². The van der Waals surface area contributed by atoms with Crippen molar-refractivity contribution in [2.24, 2.45) is 0 Å². The van der Waals surface area contributed by atoms with Crippen molar-refractivity contribution in [1.82, 2.24) is 10.6 Å². The van der Waals surface area contributed by atoms with Crippen molar-refractivity contribution < 1.29 is 19.1 Å². The number of nitrogens with one attached hydrogen (secondary N) is 2. The van der Waals surface area contributed by atoms with E-state index in [0.29, 0.717) is 11.5 Å². The number of hydrogen-bond donors (Lipinski definition) is 2. The Morgan fingerprint density at radius 1 is 0.618 bits per heavy atom. The van der Waals surface area contributed by atoms with Gasteiger partial charge in [-0.25, -0.2) is 0 Å². The normalized spacial score (nSPS) is 10.8. The fraction of sp³-hybridized carbons (Fsp3) is 0.154. The summed E-state index contributed by atoms with van der Waals surface area (Å²) in [7, 11) is 0.